The molecule has 0 radical (unpaired) electrons. The van der Waals surface area contributed by atoms with E-state index in [0.717, 1.165) is 10.9 Å². The first kappa shape index (κ1) is 15.4. The lowest BCUT2D eigenvalue weighted by atomic mass is 9.94. The second kappa shape index (κ2) is 6.32. The monoisotopic (exact) mass is 318 g/mol. The van der Waals surface area contributed by atoms with E-state index < -0.39 is 5.92 Å². The quantitative estimate of drug-likeness (QED) is 0.875. The highest BCUT2D eigenvalue weighted by molar-refractivity contribution is 5.84. The molecule has 0 bridgehead atoms. The lowest BCUT2D eigenvalue weighted by molar-refractivity contribution is -0.0586. The van der Waals surface area contributed by atoms with Crippen LogP contribution in [-0.4, -0.2) is 27.0 Å². The average molecular weight is 318 g/mol. The van der Waals surface area contributed by atoms with E-state index in [1.807, 2.05) is 6.07 Å². The largest absolute Gasteiger partial charge is 0.474 e. The van der Waals surface area contributed by atoms with E-state index in [2.05, 4.69) is 15.0 Å². The minimum atomic E-state index is -2.58. The molecular weight excluding hydrogens is 302 g/mol. The van der Waals surface area contributed by atoms with Crippen LogP contribution in [0, 0.1) is 11.3 Å². The van der Waals surface area contributed by atoms with Crippen molar-refractivity contribution in [3.8, 4) is 11.9 Å². The molecular formula is C16H16F2N4O. The van der Waals surface area contributed by atoms with Gasteiger partial charge in [0.15, 0.2) is 0 Å². The van der Waals surface area contributed by atoms with Crippen molar-refractivity contribution in [1.82, 2.24) is 15.0 Å². The van der Waals surface area contributed by atoms with Crippen molar-refractivity contribution in [2.24, 2.45) is 0 Å². The summed E-state index contributed by atoms with van der Waals surface area (Å²) in [5.74, 6) is -2.17. The van der Waals surface area contributed by atoms with Gasteiger partial charge in [-0.3, -0.25) is 0 Å². The van der Waals surface area contributed by atoms with Crippen LogP contribution in [0.2, 0.25) is 0 Å². The molecule has 3 rings (SSSR count). The summed E-state index contributed by atoms with van der Waals surface area (Å²) < 4.78 is 32.3. The number of nitrogens with one attached hydrogen (secondary N) is 1. The number of allylic oxidation sites excluding steroid dienone is 2. The van der Waals surface area contributed by atoms with E-state index >= 15 is 0 Å². The summed E-state index contributed by atoms with van der Waals surface area (Å²) in [6.45, 7) is 0. The molecule has 0 saturated heterocycles. The molecule has 0 amide bonds. The number of hydrogen-bond acceptors (Lipinski definition) is 4. The molecule has 0 aliphatic heterocycles. The van der Waals surface area contributed by atoms with Crippen LogP contribution >= 0.6 is 0 Å². The molecule has 0 aromatic carbocycles. The van der Waals surface area contributed by atoms with Gasteiger partial charge in [0.2, 0.25) is 11.8 Å². The van der Waals surface area contributed by atoms with E-state index in [1.165, 1.54) is 12.4 Å². The van der Waals surface area contributed by atoms with Gasteiger partial charge in [0.25, 0.3) is 0 Å². The smallest absolute Gasteiger partial charge is 0.248 e. The van der Waals surface area contributed by atoms with Crippen molar-refractivity contribution in [3.05, 3.63) is 30.2 Å². The SMILES string of the molecule is N#C/C=C\Cc1c[nH]c2ncnc(OC3CCC(F)(F)CC3)c12. The van der Waals surface area contributed by atoms with Gasteiger partial charge >= 0.3 is 0 Å². The Kier molecular flexibility index (Phi) is 4.24. The number of H-pyrrole nitrogens is 1. The Bertz CT molecular complexity index is 753. The molecule has 23 heavy (non-hydrogen) atoms. The van der Waals surface area contributed by atoms with Crippen molar-refractivity contribution >= 4 is 11.0 Å². The van der Waals surface area contributed by atoms with Crippen molar-refractivity contribution in [2.45, 2.75) is 44.1 Å². The normalized spacial score (nSPS) is 18.3. The van der Waals surface area contributed by atoms with E-state index in [4.69, 9.17) is 10.00 Å². The lowest BCUT2D eigenvalue weighted by Gasteiger charge is -2.28. The minimum absolute atomic E-state index is 0.156. The summed E-state index contributed by atoms with van der Waals surface area (Å²) in [6, 6.07) is 1.94. The first-order valence-corrected chi connectivity index (χ1v) is 7.49. The van der Waals surface area contributed by atoms with Crippen molar-refractivity contribution in [2.75, 3.05) is 0 Å². The molecule has 2 aromatic rings. The van der Waals surface area contributed by atoms with Gasteiger partial charge in [-0.05, 0) is 24.8 Å². The topological polar surface area (TPSA) is 74.6 Å². The maximum atomic E-state index is 13.2. The fourth-order valence-electron chi connectivity index (χ4n) is 2.77. The third-order valence-corrected chi connectivity index (χ3v) is 3.99. The van der Waals surface area contributed by atoms with Crippen LogP contribution < -0.4 is 4.74 Å². The van der Waals surface area contributed by atoms with Crippen molar-refractivity contribution < 1.29 is 13.5 Å². The van der Waals surface area contributed by atoms with Crippen LogP contribution in [0.3, 0.4) is 0 Å². The molecule has 1 N–H and O–H groups in total. The second-order valence-corrected chi connectivity index (χ2v) is 5.63. The number of alkyl halides is 2. The predicted octanol–water partition coefficient (Wildman–Crippen LogP) is 3.54. The Balaban J connectivity index is 1.82. The highest BCUT2D eigenvalue weighted by Gasteiger charge is 2.36. The average Bonchev–Trinajstić information content (AvgIpc) is 2.94. The number of hydrogen-bond donors (Lipinski definition) is 1. The van der Waals surface area contributed by atoms with Gasteiger partial charge in [-0.2, -0.15) is 5.26 Å². The van der Waals surface area contributed by atoms with Gasteiger partial charge in [0.05, 0.1) is 11.5 Å². The molecule has 2 aromatic heterocycles. The minimum Gasteiger partial charge on any atom is -0.474 e. The predicted molar refractivity (Wildman–Crippen MR) is 80.2 cm³/mol. The summed E-state index contributed by atoms with van der Waals surface area (Å²) >= 11 is 0. The van der Waals surface area contributed by atoms with E-state index in [1.54, 1.807) is 12.3 Å². The van der Waals surface area contributed by atoms with Crippen LogP contribution in [-0.2, 0) is 6.42 Å². The zero-order valence-corrected chi connectivity index (χ0v) is 12.4. The Morgan fingerprint density at radius 2 is 2.17 bits per heavy atom. The number of nitriles is 1. The fraction of sp³-hybridized carbons (Fsp3) is 0.438. The van der Waals surface area contributed by atoms with Gasteiger partial charge in [-0.15, -0.1) is 0 Å². The first-order valence-electron chi connectivity index (χ1n) is 7.49. The summed E-state index contributed by atoms with van der Waals surface area (Å²) in [5, 5.41) is 9.31. The molecule has 0 atom stereocenters. The first-order chi connectivity index (χ1) is 11.1. The molecule has 0 spiro atoms. The van der Waals surface area contributed by atoms with Crippen LogP contribution in [0.1, 0.15) is 31.2 Å². The number of rotatable bonds is 4. The fourth-order valence-corrected chi connectivity index (χ4v) is 2.77. The van der Waals surface area contributed by atoms with Gasteiger partial charge < -0.3 is 9.72 Å². The van der Waals surface area contributed by atoms with E-state index in [-0.39, 0.29) is 18.9 Å². The third kappa shape index (κ3) is 3.47. The Hall–Kier alpha value is -2.49. The molecule has 5 nitrogen and oxygen atoms in total. The van der Waals surface area contributed by atoms with E-state index in [9.17, 15) is 8.78 Å². The van der Waals surface area contributed by atoms with Crippen LogP contribution in [0.25, 0.3) is 11.0 Å². The summed E-state index contributed by atoms with van der Waals surface area (Å²) in [7, 11) is 0. The molecule has 120 valence electrons. The number of ether oxygens (including phenoxy) is 1. The molecule has 1 fully saturated rings. The van der Waals surface area contributed by atoms with Crippen LogP contribution in [0.15, 0.2) is 24.7 Å². The summed E-state index contributed by atoms with van der Waals surface area (Å²) in [5.41, 5.74) is 1.54. The second-order valence-electron chi connectivity index (χ2n) is 5.63. The highest BCUT2D eigenvalue weighted by atomic mass is 19.3. The Morgan fingerprint density at radius 3 is 2.91 bits per heavy atom. The number of halogens is 2. The van der Waals surface area contributed by atoms with Crippen LogP contribution in [0.5, 0.6) is 5.88 Å². The molecule has 2 heterocycles. The standard InChI is InChI=1S/C16H16F2N4O/c17-16(18)6-4-12(5-7-16)23-15-13-11(3-1-2-8-19)9-20-14(13)21-10-22-15/h1-2,9-10,12H,3-7H2,(H,20,21,22)/b2-1-. The Morgan fingerprint density at radius 1 is 1.39 bits per heavy atom. The molecule has 1 aliphatic rings. The third-order valence-electron chi connectivity index (χ3n) is 3.99. The molecule has 0 unspecified atom stereocenters. The molecule has 7 heteroatoms. The number of aromatic nitrogens is 3. The summed E-state index contributed by atoms with van der Waals surface area (Å²) in [4.78, 5) is 11.4. The van der Waals surface area contributed by atoms with E-state index in [0.29, 0.717) is 30.8 Å². The Labute approximate surface area is 132 Å². The maximum absolute atomic E-state index is 13.2. The van der Waals surface area contributed by atoms with Gasteiger partial charge in [0, 0.05) is 25.1 Å². The molecule has 1 saturated carbocycles. The van der Waals surface area contributed by atoms with Gasteiger partial charge in [-0.1, -0.05) is 6.08 Å². The lowest BCUT2D eigenvalue weighted by Crippen LogP contribution is -2.31. The number of nitrogens with zero attached hydrogens (tertiary/aromatic N) is 3. The van der Waals surface area contributed by atoms with Crippen LogP contribution in [0.4, 0.5) is 8.78 Å². The van der Waals surface area contributed by atoms with Gasteiger partial charge in [-0.25, -0.2) is 18.7 Å². The maximum Gasteiger partial charge on any atom is 0.248 e. The van der Waals surface area contributed by atoms with Crippen molar-refractivity contribution in [1.29, 1.82) is 5.26 Å². The zero-order chi connectivity index (χ0) is 16.3. The van der Waals surface area contributed by atoms with Crippen molar-refractivity contribution in [3.63, 3.8) is 0 Å². The highest BCUT2D eigenvalue weighted by Crippen LogP contribution is 2.35. The molecule has 1 aliphatic carbocycles. The van der Waals surface area contributed by atoms with Gasteiger partial charge in [0.1, 0.15) is 18.1 Å². The number of aromatic amines is 1. The zero-order valence-electron chi connectivity index (χ0n) is 12.4. The number of fused-ring (bicyclic) bond motifs is 1. The summed E-state index contributed by atoms with van der Waals surface area (Å²) in [6.07, 6.45) is 6.92.